The van der Waals surface area contributed by atoms with Crippen LogP contribution in [0.2, 0.25) is 0 Å². The molecule has 1 rings (SSSR count). The zero-order valence-corrected chi connectivity index (χ0v) is 11.6. The Kier molecular flexibility index (Phi) is 4.34. The summed E-state index contributed by atoms with van der Waals surface area (Å²) in [7, 11) is 3.03. The fourth-order valence-electron chi connectivity index (χ4n) is 1.62. The van der Waals surface area contributed by atoms with Crippen LogP contribution in [0.5, 0.6) is 0 Å². The van der Waals surface area contributed by atoms with Crippen LogP contribution in [-0.4, -0.2) is 87.2 Å². The van der Waals surface area contributed by atoms with E-state index >= 15 is 0 Å². The predicted molar refractivity (Wildman–Crippen MR) is 64.8 cm³/mol. The molecule has 1 aliphatic rings. The lowest BCUT2D eigenvalue weighted by Gasteiger charge is -2.36. The monoisotopic (exact) mass is 264 g/mol. The maximum absolute atomic E-state index is 11.8. The van der Waals surface area contributed by atoms with Gasteiger partial charge in [-0.1, -0.05) is 0 Å². The minimum absolute atomic E-state index is 0.0769. The van der Waals surface area contributed by atoms with Crippen LogP contribution in [0.25, 0.3) is 0 Å². The summed E-state index contributed by atoms with van der Waals surface area (Å²) in [5, 5.41) is 0. The highest BCUT2D eigenvalue weighted by atomic mass is 32.2. The summed E-state index contributed by atoms with van der Waals surface area (Å²) >= 11 is 0. The Morgan fingerprint density at radius 2 is 1.47 bits per heavy atom. The molecule has 8 heteroatoms. The van der Waals surface area contributed by atoms with Crippen LogP contribution in [0.15, 0.2) is 0 Å². The van der Waals surface area contributed by atoms with Gasteiger partial charge in [0, 0.05) is 54.4 Å². The van der Waals surface area contributed by atoms with Gasteiger partial charge in [0.2, 0.25) is 0 Å². The van der Waals surface area contributed by atoms with Gasteiger partial charge in [-0.2, -0.15) is 17.0 Å². The van der Waals surface area contributed by atoms with E-state index in [4.69, 9.17) is 0 Å². The summed E-state index contributed by atoms with van der Waals surface area (Å²) in [5.74, 6) is 0. The van der Waals surface area contributed by atoms with Gasteiger partial charge in [0.1, 0.15) is 0 Å². The van der Waals surface area contributed by atoms with Crippen LogP contribution in [0, 0.1) is 0 Å². The van der Waals surface area contributed by atoms with Crippen molar-refractivity contribution in [2.45, 2.75) is 0 Å². The molecule has 1 heterocycles. The average molecular weight is 264 g/mol. The van der Waals surface area contributed by atoms with E-state index in [1.807, 2.05) is 0 Å². The molecule has 17 heavy (non-hydrogen) atoms. The fraction of sp³-hybridized carbons (Fsp3) is 0.889. The van der Waals surface area contributed by atoms with E-state index in [2.05, 4.69) is 0 Å². The molecule has 0 aliphatic carbocycles. The van der Waals surface area contributed by atoms with Gasteiger partial charge in [-0.05, 0) is 0 Å². The first-order valence-corrected chi connectivity index (χ1v) is 6.80. The van der Waals surface area contributed by atoms with Crippen LogP contribution >= 0.6 is 0 Å². The molecule has 1 saturated heterocycles. The number of hydrogen-bond donors (Lipinski definition) is 0. The SMILES string of the molecule is CN(C)C(=O)N1CCN(S(=O)(=O)N(C)C)CC1. The first-order valence-electron chi connectivity index (χ1n) is 5.40. The second kappa shape index (κ2) is 5.19. The van der Waals surface area contributed by atoms with Crippen LogP contribution < -0.4 is 0 Å². The van der Waals surface area contributed by atoms with E-state index in [0.29, 0.717) is 26.2 Å². The zero-order chi connectivity index (χ0) is 13.2. The Bertz CT molecular complexity index is 372. The van der Waals surface area contributed by atoms with Crippen molar-refractivity contribution in [1.82, 2.24) is 18.4 Å². The number of urea groups is 1. The fourth-order valence-corrected chi connectivity index (χ4v) is 2.71. The third-order valence-corrected chi connectivity index (χ3v) is 4.62. The molecule has 0 atom stereocenters. The van der Waals surface area contributed by atoms with Crippen LogP contribution in [0.1, 0.15) is 0 Å². The van der Waals surface area contributed by atoms with Gasteiger partial charge < -0.3 is 9.80 Å². The summed E-state index contributed by atoms with van der Waals surface area (Å²) < 4.78 is 26.3. The molecule has 0 bridgehead atoms. The summed E-state index contributed by atoms with van der Waals surface area (Å²) in [6.07, 6.45) is 0. The van der Waals surface area contributed by atoms with E-state index in [1.54, 1.807) is 19.0 Å². The molecule has 0 aromatic carbocycles. The van der Waals surface area contributed by atoms with Crippen molar-refractivity contribution in [3.05, 3.63) is 0 Å². The quantitative estimate of drug-likeness (QED) is 0.649. The molecule has 0 aromatic heterocycles. The molecule has 0 spiro atoms. The molecule has 0 N–H and O–H groups in total. The Morgan fingerprint density at radius 3 is 1.82 bits per heavy atom. The molecule has 0 radical (unpaired) electrons. The molecule has 1 aliphatic heterocycles. The molecule has 100 valence electrons. The number of rotatable bonds is 2. The second-order valence-corrected chi connectivity index (χ2v) is 6.50. The van der Waals surface area contributed by atoms with Gasteiger partial charge in [0.15, 0.2) is 0 Å². The Hall–Kier alpha value is -0.860. The number of carbonyl (C=O) groups excluding carboxylic acids is 1. The van der Waals surface area contributed by atoms with Crippen LogP contribution in [-0.2, 0) is 10.2 Å². The maximum Gasteiger partial charge on any atom is 0.319 e. The molecular formula is C9H20N4O3S. The Morgan fingerprint density at radius 1 is 1.00 bits per heavy atom. The van der Waals surface area contributed by atoms with E-state index < -0.39 is 10.2 Å². The van der Waals surface area contributed by atoms with Gasteiger partial charge in [0.05, 0.1) is 0 Å². The van der Waals surface area contributed by atoms with E-state index in [-0.39, 0.29) is 6.03 Å². The molecule has 0 saturated carbocycles. The number of nitrogens with zero attached hydrogens (tertiary/aromatic N) is 4. The summed E-state index contributed by atoms with van der Waals surface area (Å²) in [6.45, 7) is 1.56. The highest BCUT2D eigenvalue weighted by molar-refractivity contribution is 7.86. The highest BCUT2D eigenvalue weighted by Gasteiger charge is 2.30. The van der Waals surface area contributed by atoms with Crippen molar-refractivity contribution in [1.29, 1.82) is 0 Å². The highest BCUT2D eigenvalue weighted by Crippen LogP contribution is 2.10. The lowest BCUT2D eigenvalue weighted by atomic mass is 10.4. The minimum atomic E-state index is -3.35. The third-order valence-electron chi connectivity index (χ3n) is 2.68. The van der Waals surface area contributed by atoms with Crippen molar-refractivity contribution >= 4 is 16.2 Å². The predicted octanol–water partition coefficient (Wildman–Crippen LogP) is -0.908. The molecule has 7 nitrogen and oxygen atoms in total. The molecule has 0 unspecified atom stereocenters. The van der Waals surface area contributed by atoms with Crippen LogP contribution in [0.4, 0.5) is 4.79 Å². The van der Waals surface area contributed by atoms with Crippen molar-refractivity contribution in [3.8, 4) is 0 Å². The average Bonchev–Trinajstić information content (AvgIpc) is 2.27. The second-order valence-electron chi connectivity index (χ2n) is 4.35. The van der Waals surface area contributed by atoms with Crippen molar-refractivity contribution < 1.29 is 13.2 Å². The summed E-state index contributed by atoms with van der Waals surface area (Å²) in [6, 6.07) is -0.0769. The Labute approximate surface area is 103 Å². The number of piperazine rings is 1. The summed E-state index contributed by atoms with van der Waals surface area (Å²) in [5.41, 5.74) is 0. The number of carbonyl (C=O) groups is 1. The normalized spacial score (nSPS) is 18.5. The third kappa shape index (κ3) is 3.08. The van der Waals surface area contributed by atoms with Crippen LogP contribution in [0.3, 0.4) is 0 Å². The van der Waals surface area contributed by atoms with Gasteiger partial charge in [-0.25, -0.2) is 4.79 Å². The first-order chi connectivity index (χ1) is 7.76. The lowest BCUT2D eigenvalue weighted by molar-refractivity contribution is 0.148. The molecular weight excluding hydrogens is 244 g/mol. The topological polar surface area (TPSA) is 64.2 Å². The summed E-state index contributed by atoms with van der Waals surface area (Å²) in [4.78, 5) is 14.8. The largest absolute Gasteiger partial charge is 0.331 e. The van der Waals surface area contributed by atoms with E-state index in [9.17, 15) is 13.2 Å². The zero-order valence-electron chi connectivity index (χ0n) is 10.8. The standard InChI is InChI=1S/C9H20N4O3S/c1-10(2)9(14)12-5-7-13(8-6-12)17(15,16)11(3)4/h5-8H2,1-4H3. The smallest absolute Gasteiger partial charge is 0.319 e. The first kappa shape index (κ1) is 14.2. The number of hydrogen-bond acceptors (Lipinski definition) is 3. The minimum Gasteiger partial charge on any atom is -0.331 e. The van der Waals surface area contributed by atoms with E-state index in [0.717, 1.165) is 0 Å². The number of amides is 2. The molecule has 2 amide bonds. The van der Waals surface area contributed by atoms with Crippen molar-refractivity contribution in [2.24, 2.45) is 0 Å². The van der Waals surface area contributed by atoms with Gasteiger partial charge in [-0.15, -0.1) is 0 Å². The molecule has 1 fully saturated rings. The van der Waals surface area contributed by atoms with E-state index in [1.165, 1.54) is 27.6 Å². The lowest BCUT2D eigenvalue weighted by Crippen LogP contribution is -2.54. The van der Waals surface area contributed by atoms with Gasteiger partial charge in [-0.3, -0.25) is 0 Å². The Balaban J connectivity index is 2.61. The van der Waals surface area contributed by atoms with Gasteiger partial charge in [0.25, 0.3) is 10.2 Å². The van der Waals surface area contributed by atoms with Gasteiger partial charge >= 0.3 is 6.03 Å². The maximum atomic E-state index is 11.8. The van der Waals surface area contributed by atoms with Crippen molar-refractivity contribution in [3.63, 3.8) is 0 Å². The molecule has 0 aromatic rings. The van der Waals surface area contributed by atoms with Crippen molar-refractivity contribution in [2.75, 3.05) is 54.4 Å².